The summed E-state index contributed by atoms with van der Waals surface area (Å²) in [6, 6.07) is -5.56. The van der Waals surface area contributed by atoms with Crippen molar-refractivity contribution in [2.45, 2.75) is 63.9 Å². The molecular formula is C17H30N4O9. The Balaban J connectivity index is 5.42. The number of nitrogens with one attached hydrogen (secondary N) is 3. The molecule has 0 aliphatic heterocycles. The Morgan fingerprint density at radius 3 is 1.80 bits per heavy atom. The molecule has 0 rings (SSSR count). The van der Waals surface area contributed by atoms with Gasteiger partial charge in [0.15, 0.2) is 0 Å². The molecule has 0 aliphatic rings. The summed E-state index contributed by atoms with van der Waals surface area (Å²) in [7, 11) is 0. The molecule has 5 unspecified atom stereocenters. The zero-order chi connectivity index (χ0) is 23.6. The predicted octanol–water partition coefficient (Wildman–Crippen LogP) is -3.25. The first-order chi connectivity index (χ1) is 13.8. The number of aliphatic hydroxyl groups is 2. The van der Waals surface area contributed by atoms with Crippen LogP contribution in [0.4, 0.5) is 0 Å². The Morgan fingerprint density at radius 2 is 1.40 bits per heavy atom. The third kappa shape index (κ3) is 9.15. The summed E-state index contributed by atoms with van der Waals surface area (Å²) in [5, 5.41) is 42.9. The van der Waals surface area contributed by atoms with E-state index < -0.39 is 78.9 Å². The highest BCUT2D eigenvalue weighted by molar-refractivity contribution is 5.94. The highest BCUT2D eigenvalue weighted by Gasteiger charge is 2.32. The summed E-state index contributed by atoms with van der Waals surface area (Å²) in [6.07, 6.45) is -2.06. The molecule has 9 N–H and O–H groups in total. The largest absolute Gasteiger partial charge is 0.481 e. The lowest BCUT2D eigenvalue weighted by Crippen LogP contribution is -2.59. The van der Waals surface area contributed by atoms with E-state index in [2.05, 4.69) is 10.6 Å². The minimum atomic E-state index is -1.65. The van der Waals surface area contributed by atoms with Gasteiger partial charge in [0.25, 0.3) is 0 Å². The van der Waals surface area contributed by atoms with Gasteiger partial charge in [0.1, 0.15) is 24.2 Å². The standard InChI is InChI=1S/C17H30N4O9/c1-7(2)13(21-15(27)12(18)8(3)23)16(28)19-9(4-5-11(24)25)14(26)20-10(6-22)17(29)30/h7-10,12-13,22-23H,4-6,18H2,1-3H3,(H,19,28)(H,20,26)(H,21,27)(H,24,25)(H,29,30). The van der Waals surface area contributed by atoms with Crippen molar-refractivity contribution in [2.24, 2.45) is 11.7 Å². The van der Waals surface area contributed by atoms with Crippen molar-refractivity contribution in [3.8, 4) is 0 Å². The molecule has 0 spiro atoms. The Hall–Kier alpha value is -2.77. The third-order valence-electron chi connectivity index (χ3n) is 4.15. The number of nitrogens with two attached hydrogens (primary N) is 1. The van der Waals surface area contributed by atoms with Gasteiger partial charge in [-0.25, -0.2) is 4.79 Å². The quantitative estimate of drug-likeness (QED) is 0.144. The zero-order valence-electron chi connectivity index (χ0n) is 17.0. The van der Waals surface area contributed by atoms with E-state index in [1.54, 1.807) is 13.8 Å². The Labute approximate surface area is 173 Å². The van der Waals surface area contributed by atoms with E-state index in [0.29, 0.717) is 0 Å². The lowest BCUT2D eigenvalue weighted by Gasteiger charge is -2.27. The van der Waals surface area contributed by atoms with Crippen LogP contribution in [0.15, 0.2) is 0 Å². The molecule has 30 heavy (non-hydrogen) atoms. The minimum absolute atomic E-state index is 0.364. The highest BCUT2D eigenvalue weighted by atomic mass is 16.4. The molecule has 172 valence electrons. The molecule has 0 saturated carbocycles. The van der Waals surface area contributed by atoms with Crippen molar-refractivity contribution in [1.82, 2.24) is 16.0 Å². The molecule has 0 aromatic rings. The van der Waals surface area contributed by atoms with Crippen LogP contribution in [0.25, 0.3) is 0 Å². The molecular weight excluding hydrogens is 404 g/mol. The fraction of sp³-hybridized carbons (Fsp3) is 0.706. The lowest BCUT2D eigenvalue weighted by atomic mass is 10.0. The Morgan fingerprint density at radius 1 is 0.867 bits per heavy atom. The number of carboxylic acid groups (broad SMARTS) is 2. The van der Waals surface area contributed by atoms with Crippen molar-refractivity contribution in [2.75, 3.05) is 6.61 Å². The van der Waals surface area contributed by atoms with Gasteiger partial charge in [0, 0.05) is 6.42 Å². The van der Waals surface area contributed by atoms with Crippen LogP contribution in [0.2, 0.25) is 0 Å². The van der Waals surface area contributed by atoms with E-state index in [1.165, 1.54) is 6.92 Å². The number of carbonyl (C=O) groups is 5. The summed E-state index contributed by atoms with van der Waals surface area (Å²) >= 11 is 0. The second-order valence-electron chi connectivity index (χ2n) is 7.07. The van der Waals surface area contributed by atoms with Crippen LogP contribution < -0.4 is 21.7 Å². The fourth-order valence-electron chi connectivity index (χ4n) is 2.26. The van der Waals surface area contributed by atoms with Gasteiger partial charge in [-0.05, 0) is 19.3 Å². The Bertz CT molecular complexity index is 639. The van der Waals surface area contributed by atoms with Crippen LogP contribution in [0, 0.1) is 5.92 Å². The number of rotatable bonds is 13. The number of amides is 3. The molecule has 0 bridgehead atoms. The maximum absolute atomic E-state index is 12.6. The van der Waals surface area contributed by atoms with E-state index >= 15 is 0 Å². The van der Waals surface area contributed by atoms with Crippen molar-refractivity contribution in [3.63, 3.8) is 0 Å². The van der Waals surface area contributed by atoms with E-state index in [0.717, 1.165) is 0 Å². The molecule has 0 saturated heterocycles. The minimum Gasteiger partial charge on any atom is -0.481 e. The maximum atomic E-state index is 12.6. The number of aliphatic carboxylic acids is 2. The summed E-state index contributed by atoms with van der Waals surface area (Å²) in [4.78, 5) is 58.9. The van der Waals surface area contributed by atoms with Gasteiger partial charge in [-0.3, -0.25) is 19.2 Å². The normalized spacial score (nSPS) is 16.0. The number of hydrogen-bond donors (Lipinski definition) is 8. The van der Waals surface area contributed by atoms with Gasteiger partial charge in [-0.2, -0.15) is 0 Å². The second kappa shape index (κ2) is 12.7. The molecule has 0 fully saturated rings. The summed E-state index contributed by atoms with van der Waals surface area (Å²) in [6.45, 7) is 3.57. The van der Waals surface area contributed by atoms with Gasteiger partial charge in [-0.15, -0.1) is 0 Å². The first-order valence-corrected chi connectivity index (χ1v) is 9.22. The van der Waals surface area contributed by atoms with Crippen molar-refractivity contribution < 1.29 is 44.4 Å². The smallest absolute Gasteiger partial charge is 0.328 e. The van der Waals surface area contributed by atoms with Crippen molar-refractivity contribution >= 4 is 29.7 Å². The van der Waals surface area contributed by atoms with Crippen molar-refractivity contribution in [3.05, 3.63) is 0 Å². The summed E-state index contributed by atoms with van der Waals surface area (Å²) in [5.41, 5.74) is 5.54. The summed E-state index contributed by atoms with van der Waals surface area (Å²) < 4.78 is 0. The molecule has 0 radical (unpaired) electrons. The highest BCUT2D eigenvalue weighted by Crippen LogP contribution is 2.06. The van der Waals surface area contributed by atoms with Crippen LogP contribution in [-0.4, -0.2) is 87.0 Å². The van der Waals surface area contributed by atoms with Crippen LogP contribution in [-0.2, 0) is 24.0 Å². The van der Waals surface area contributed by atoms with Gasteiger partial charge in [0.05, 0.1) is 12.7 Å². The predicted molar refractivity (Wildman–Crippen MR) is 102 cm³/mol. The van der Waals surface area contributed by atoms with E-state index in [9.17, 15) is 29.1 Å². The molecule has 0 aliphatic carbocycles. The first kappa shape index (κ1) is 27.2. The van der Waals surface area contributed by atoms with Gasteiger partial charge in [0.2, 0.25) is 17.7 Å². The Kier molecular flexibility index (Phi) is 11.5. The third-order valence-corrected chi connectivity index (χ3v) is 4.15. The van der Waals surface area contributed by atoms with Crippen molar-refractivity contribution in [1.29, 1.82) is 0 Å². The molecule has 3 amide bonds. The van der Waals surface area contributed by atoms with E-state index in [-0.39, 0.29) is 6.42 Å². The fourth-order valence-corrected chi connectivity index (χ4v) is 2.26. The average molecular weight is 434 g/mol. The molecule has 0 heterocycles. The average Bonchev–Trinajstić information content (AvgIpc) is 2.65. The molecule has 0 aromatic carbocycles. The summed E-state index contributed by atoms with van der Waals surface area (Å²) in [5.74, 6) is -5.90. The lowest BCUT2D eigenvalue weighted by molar-refractivity contribution is -0.144. The van der Waals surface area contributed by atoms with Crippen LogP contribution in [0.5, 0.6) is 0 Å². The van der Waals surface area contributed by atoms with Crippen LogP contribution in [0.1, 0.15) is 33.6 Å². The van der Waals surface area contributed by atoms with Gasteiger partial charge >= 0.3 is 11.9 Å². The molecule has 0 aromatic heterocycles. The number of aliphatic hydroxyl groups excluding tert-OH is 2. The van der Waals surface area contributed by atoms with E-state index in [4.69, 9.17) is 21.1 Å². The topological polar surface area (TPSA) is 228 Å². The van der Waals surface area contributed by atoms with E-state index in [1.807, 2.05) is 5.32 Å². The molecule has 5 atom stereocenters. The first-order valence-electron chi connectivity index (χ1n) is 9.22. The second-order valence-corrected chi connectivity index (χ2v) is 7.07. The number of carboxylic acids is 2. The van der Waals surface area contributed by atoms with Crippen LogP contribution >= 0.6 is 0 Å². The molecule has 13 nitrogen and oxygen atoms in total. The van der Waals surface area contributed by atoms with Crippen LogP contribution in [0.3, 0.4) is 0 Å². The SMILES string of the molecule is CC(C)C(NC(=O)C(N)C(C)O)C(=O)NC(CCC(=O)O)C(=O)NC(CO)C(=O)O. The van der Waals surface area contributed by atoms with Gasteiger partial charge < -0.3 is 42.1 Å². The number of carbonyl (C=O) groups excluding carboxylic acids is 3. The number of hydrogen-bond acceptors (Lipinski definition) is 8. The monoisotopic (exact) mass is 434 g/mol. The molecule has 13 heteroatoms. The van der Waals surface area contributed by atoms with Gasteiger partial charge in [-0.1, -0.05) is 13.8 Å². The maximum Gasteiger partial charge on any atom is 0.328 e. The zero-order valence-corrected chi connectivity index (χ0v) is 17.0.